The number of likely N-dealkylation sites (tertiary alicyclic amines) is 1. The predicted octanol–water partition coefficient (Wildman–Crippen LogP) is 4.14. The molecule has 3 saturated heterocycles. The molecule has 3 aliphatic rings. The lowest BCUT2D eigenvalue weighted by Gasteiger charge is -2.22. The van der Waals surface area contributed by atoms with Crippen molar-refractivity contribution in [1.82, 2.24) is 14.9 Å². The standard InChI is InChI=1S/C25H36N6/c1-2-4-17-31(16-3-1)24-11-13-26-25(28-24)27-22-12-18-29(20-22)19-21-7-9-23(10-8-21)30-14-5-6-15-30/h7-11,13,22H,1-6,12,14-20H2,(H,26,27,28). The van der Waals surface area contributed by atoms with Crippen LogP contribution in [0, 0.1) is 0 Å². The van der Waals surface area contributed by atoms with Crippen LogP contribution in [0.4, 0.5) is 17.5 Å². The molecule has 0 amide bonds. The maximum atomic E-state index is 4.84. The summed E-state index contributed by atoms with van der Waals surface area (Å²) in [4.78, 5) is 16.8. The zero-order valence-corrected chi connectivity index (χ0v) is 18.7. The van der Waals surface area contributed by atoms with Crippen LogP contribution in [0.15, 0.2) is 36.5 Å². The molecule has 2 aromatic rings. The Morgan fingerprint density at radius 2 is 1.52 bits per heavy atom. The van der Waals surface area contributed by atoms with Crippen LogP contribution in [0.2, 0.25) is 0 Å². The summed E-state index contributed by atoms with van der Waals surface area (Å²) in [5.41, 5.74) is 2.78. The summed E-state index contributed by atoms with van der Waals surface area (Å²) in [7, 11) is 0. The van der Waals surface area contributed by atoms with Gasteiger partial charge in [-0.25, -0.2) is 4.98 Å². The molecule has 1 unspecified atom stereocenters. The third kappa shape index (κ3) is 5.29. The molecule has 5 rings (SSSR count). The molecular weight excluding hydrogens is 384 g/mol. The van der Waals surface area contributed by atoms with Gasteiger partial charge >= 0.3 is 0 Å². The second-order valence-electron chi connectivity index (χ2n) is 9.37. The summed E-state index contributed by atoms with van der Waals surface area (Å²) in [6.07, 6.45) is 10.9. The lowest BCUT2D eigenvalue weighted by Crippen LogP contribution is -2.28. The van der Waals surface area contributed by atoms with E-state index < -0.39 is 0 Å². The van der Waals surface area contributed by atoms with Crippen molar-refractivity contribution >= 4 is 17.5 Å². The van der Waals surface area contributed by atoms with E-state index in [0.717, 1.165) is 50.9 Å². The lowest BCUT2D eigenvalue weighted by atomic mass is 10.2. The van der Waals surface area contributed by atoms with E-state index in [2.05, 4.69) is 55.3 Å². The molecule has 0 bridgehead atoms. The second-order valence-corrected chi connectivity index (χ2v) is 9.37. The van der Waals surface area contributed by atoms with Crippen molar-refractivity contribution in [1.29, 1.82) is 0 Å². The maximum absolute atomic E-state index is 4.84. The average Bonchev–Trinajstić information content (AvgIpc) is 3.41. The van der Waals surface area contributed by atoms with Crippen molar-refractivity contribution in [2.24, 2.45) is 0 Å². The minimum Gasteiger partial charge on any atom is -0.372 e. The van der Waals surface area contributed by atoms with Gasteiger partial charge in [0.25, 0.3) is 0 Å². The molecule has 0 saturated carbocycles. The molecular formula is C25H36N6. The monoisotopic (exact) mass is 420 g/mol. The number of nitrogens with zero attached hydrogens (tertiary/aromatic N) is 5. The average molecular weight is 421 g/mol. The van der Waals surface area contributed by atoms with E-state index in [1.807, 2.05) is 6.20 Å². The van der Waals surface area contributed by atoms with E-state index in [4.69, 9.17) is 4.98 Å². The number of hydrogen-bond acceptors (Lipinski definition) is 6. The lowest BCUT2D eigenvalue weighted by molar-refractivity contribution is 0.328. The zero-order valence-electron chi connectivity index (χ0n) is 18.7. The second kappa shape index (κ2) is 9.86. The Labute approximate surface area is 186 Å². The zero-order chi connectivity index (χ0) is 20.9. The fourth-order valence-corrected chi connectivity index (χ4v) is 5.22. The Morgan fingerprint density at radius 3 is 2.29 bits per heavy atom. The molecule has 3 fully saturated rings. The SMILES string of the molecule is c1cc(N2CCCCCC2)nc(NC2CCN(Cc3ccc(N4CCCC4)cc3)C2)n1. The van der Waals surface area contributed by atoms with E-state index in [1.54, 1.807) is 0 Å². The number of rotatable bonds is 6. The van der Waals surface area contributed by atoms with E-state index >= 15 is 0 Å². The van der Waals surface area contributed by atoms with E-state index in [0.29, 0.717) is 6.04 Å². The van der Waals surface area contributed by atoms with Crippen molar-refractivity contribution in [3.05, 3.63) is 42.1 Å². The number of benzene rings is 1. The van der Waals surface area contributed by atoms with Crippen LogP contribution in [0.3, 0.4) is 0 Å². The number of anilines is 3. The number of hydrogen-bond donors (Lipinski definition) is 1. The third-order valence-electron chi connectivity index (χ3n) is 6.99. The highest BCUT2D eigenvalue weighted by atomic mass is 15.3. The molecule has 166 valence electrons. The fourth-order valence-electron chi connectivity index (χ4n) is 5.22. The van der Waals surface area contributed by atoms with Gasteiger partial charge in [0, 0.05) is 63.7 Å². The molecule has 31 heavy (non-hydrogen) atoms. The van der Waals surface area contributed by atoms with Crippen LogP contribution >= 0.6 is 0 Å². The first-order chi connectivity index (χ1) is 15.3. The molecule has 0 radical (unpaired) electrons. The highest BCUT2D eigenvalue weighted by Gasteiger charge is 2.23. The minimum atomic E-state index is 0.420. The minimum absolute atomic E-state index is 0.420. The summed E-state index contributed by atoms with van der Waals surface area (Å²) in [5.74, 6) is 1.86. The number of aromatic nitrogens is 2. The van der Waals surface area contributed by atoms with Gasteiger partial charge in [-0.05, 0) is 55.9 Å². The van der Waals surface area contributed by atoms with Crippen molar-refractivity contribution in [2.75, 3.05) is 54.4 Å². The van der Waals surface area contributed by atoms with Crippen LogP contribution in [0.5, 0.6) is 0 Å². The molecule has 1 aromatic carbocycles. The van der Waals surface area contributed by atoms with Crippen molar-refractivity contribution in [3.8, 4) is 0 Å². The molecule has 1 atom stereocenters. The summed E-state index contributed by atoms with van der Waals surface area (Å²) < 4.78 is 0. The van der Waals surface area contributed by atoms with E-state index in [1.165, 1.54) is 62.9 Å². The summed E-state index contributed by atoms with van der Waals surface area (Å²) in [6.45, 7) is 7.84. The first kappa shape index (κ1) is 20.6. The van der Waals surface area contributed by atoms with E-state index in [9.17, 15) is 0 Å². The Bertz CT molecular complexity index is 824. The topological polar surface area (TPSA) is 47.5 Å². The van der Waals surface area contributed by atoms with Gasteiger partial charge < -0.3 is 15.1 Å². The number of nitrogens with one attached hydrogen (secondary N) is 1. The fraction of sp³-hybridized carbons (Fsp3) is 0.600. The van der Waals surface area contributed by atoms with Gasteiger partial charge in [-0.3, -0.25) is 4.90 Å². The molecule has 1 N–H and O–H groups in total. The normalized spacial score (nSPS) is 22.6. The summed E-state index contributed by atoms with van der Waals surface area (Å²) in [6, 6.07) is 11.7. The maximum Gasteiger partial charge on any atom is 0.224 e. The molecule has 4 heterocycles. The quantitative estimate of drug-likeness (QED) is 0.758. The summed E-state index contributed by atoms with van der Waals surface area (Å²) in [5, 5.41) is 3.60. The van der Waals surface area contributed by atoms with Crippen molar-refractivity contribution < 1.29 is 0 Å². The van der Waals surface area contributed by atoms with Crippen LogP contribution in [0.25, 0.3) is 0 Å². The molecule has 6 heteroatoms. The van der Waals surface area contributed by atoms with Crippen molar-refractivity contribution in [3.63, 3.8) is 0 Å². The van der Waals surface area contributed by atoms with Gasteiger partial charge in [0.15, 0.2) is 0 Å². The van der Waals surface area contributed by atoms with Gasteiger partial charge in [0.05, 0.1) is 0 Å². The Hall–Kier alpha value is -2.34. The van der Waals surface area contributed by atoms with Crippen LogP contribution in [-0.2, 0) is 6.54 Å². The first-order valence-electron chi connectivity index (χ1n) is 12.2. The van der Waals surface area contributed by atoms with Gasteiger partial charge in [-0.2, -0.15) is 4.98 Å². The van der Waals surface area contributed by atoms with Gasteiger partial charge in [-0.15, -0.1) is 0 Å². The van der Waals surface area contributed by atoms with Crippen LogP contribution in [0.1, 0.15) is 50.5 Å². The van der Waals surface area contributed by atoms with Crippen LogP contribution in [-0.4, -0.2) is 60.2 Å². The van der Waals surface area contributed by atoms with Crippen molar-refractivity contribution in [2.45, 2.75) is 57.5 Å². The largest absolute Gasteiger partial charge is 0.372 e. The predicted molar refractivity (Wildman–Crippen MR) is 128 cm³/mol. The molecule has 1 aromatic heterocycles. The third-order valence-corrected chi connectivity index (χ3v) is 6.99. The van der Waals surface area contributed by atoms with Gasteiger partial charge in [-0.1, -0.05) is 25.0 Å². The van der Waals surface area contributed by atoms with Crippen LogP contribution < -0.4 is 15.1 Å². The van der Waals surface area contributed by atoms with Gasteiger partial charge in [0.1, 0.15) is 5.82 Å². The summed E-state index contributed by atoms with van der Waals surface area (Å²) >= 11 is 0. The van der Waals surface area contributed by atoms with Gasteiger partial charge in [0.2, 0.25) is 5.95 Å². The molecule has 0 spiro atoms. The smallest absolute Gasteiger partial charge is 0.224 e. The Balaban J connectivity index is 1.13. The first-order valence-corrected chi connectivity index (χ1v) is 12.2. The highest BCUT2D eigenvalue weighted by Crippen LogP contribution is 2.23. The molecule has 3 aliphatic heterocycles. The Kier molecular flexibility index (Phi) is 6.54. The molecule has 6 nitrogen and oxygen atoms in total. The molecule has 0 aliphatic carbocycles. The Morgan fingerprint density at radius 1 is 0.806 bits per heavy atom. The van der Waals surface area contributed by atoms with E-state index in [-0.39, 0.29) is 0 Å². The highest BCUT2D eigenvalue weighted by molar-refractivity contribution is 5.48.